The maximum absolute atomic E-state index is 12.9. The molecule has 0 spiro atoms. The smallest absolute Gasteiger partial charge is 0.312 e. The van der Waals surface area contributed by atoms with E-state index in [0.717, 1.165) is 30.0 Å². The van der Waals surface area contributed by atoms with Gasteiger partial charge in [-0.1, -0.05) is 38.1 Å². The number of likely N-dealkylation sites (N-methyl/N-ethyl adjacent to an activating group) is 1. The summed E-state index contributed by atoms with van der Waals surface area (Å²) in [4.78, 5) is 26.0. The number of hydrogen-bond acceptors (Lipinski definition) is 6. The van der Waals surface area contributed by atoms with Gasteiger partial charge in [-0.15, -0.1) is 0 Å². The number of nitrogens with zero attached hydrogens (tertiary/aromatic N) is 4. The third kappa shape index (κ3) is 6.05. The molecule has 0 saturated carbocycles. The molecule has 0 aliphatic heterocycles. The molecule has 1 N–H and O–H groups in total. The average molecular weight is 480 g/mol. The highest BCUT2D eigenvalue weighted by Crippen LogP contribution is 2.24. The van der Waals surface area contributed by atoms with Crippen molar-refractivity contribution in [1.82, 2.24) is 20.0 Å². The van der Waals surface area contributed by atoms with E-state index in [0.29, 0.717) is 30.0 Å². The first-order valence-corrected chi connectivity index (χ1v) is 11.7. The Labute approximate surface area is 205 Å². The fourth-order valence-corrected chi connectivity index (χ4v) is 4.30. The summed E-state index contributed by atoms with van der Waals surface area (Å²) in [6, 6.07) is 15.2. The van der Waals surface area contributed by atoms with Crippen molar-refractivity contribution in [2.75, 3.05) is 26.7 Å². The first-order chi connectivity index (χ1) is 16.8. The number of carbonyl (C=O) groups excluding carboxylic acids is 1. The number of methoxy groups -OCH3 is 1. The molecule has 2 aromatic carbocycles. The SMILES string of the molecule is CCN(CC)[C@@H](CNC(=O)c1ccc(Cn2nc(C)c([N+](=O)[O-])c2C)cc1)c1cccc(OC)c1. The summed E-state index contributed by atoms with van der Waals surface area (Å²) in [5.41, 5.74) is 3.48. The van der Waals surface area contributed by atoms with Gasteiger partial charge in [0.05, 0.1) is 24.6 Å². The zero-order valence-corrected chi connectivity index (χ0v) is 20.9. The van der Waals surface area contributed by atoms with Gasteiger partial charge in [-0.3, -0.25) is 24.5 Å². The van der Waals surface area contributed by atoms with E-state index in [1.54, 1.807) is 37.8 Å². The Kier molecular flexibility index (Phi) is 8.59. The third-order valence-corrected chi connectivity index (χ3v) is 6.26. The number of nitro groups is 1. The van der Waals surface area contributed by atoms with Crippen LogP contribution in [0.4, 0.5) is 5.69 Å². The molecule has 0 bridgehead atoms. The lowest BCUT2D eigenvalue weighted by molar-refractivity contribution is -0.386. The van der Waals surface area contributed by atoms with Crippen LogP contribution < -0.4 is 10.1 Å². The Morgan fingerprint density at radius 2 is 1.86 bits per heavy atom. The van der Waals surface area contributed by atoms with Crippen molar-refractivity contribution in [2.45, 2.75) is 40.3 Å². The number of amides is 1. The molecule has 0 radical (unpaired) electrons. The van der Waals surface area contributed by atoms with Crippen molar-refractivity contribution in [1.29, 1.82) is 0 Å². The van der Waals surface area contributed by atoms with Crippen molar-refractivity contribution in [2.24, 2.45) is 0 Å². The van der Waals surface area contributed by atoms with E-state index in [9.17, 15) is 14.9 Å². The zero-order valence-electron chi connectivity index (χ0n) is 20.9. The minimum Gasteiger partial charge on any atom is -0.497 e. The number of benzene rings is 2. The molecule has 0 saturated heterocycles. The lowest BCUT2D eigenvalue weighted by Crippen LogP contribution is -2.38. The van der Waals surface area contributed by atoms with Crippen molar-refractivity contribution >= 4 is 11.6 Å². The van der Waals surface area contributed by atoms with Gasteiger partial charge in [0.2, 0.25) is 0 Å². The first kappa shape index (κ1) is 25.9. The van der Waals surface area contributed by atoms with Crippen molar-refractivity contribution < 1.29 is 14.5 Å². The average Bonchev–Trinajstić information content (AvgIpc) is 3.14. The monoisotopic (exact) mass is 479 g/mol. The summed E-state index contributed by atoms with van der Waals surface area (Å²) in [7, 11) is 1.65. The van der Waals surface area contributed by atoms with E-state index in [4.69, 9.17) is 4.74 Å². The van der Waals surface area contributed by atoms with Gasteiger partial charge in [0.25, 0.3) is 5.91 Å². The maximum atomic E-state index is 12.9. The van der Waals surface area contributed by atoms with Gasteiger partial charge in [0.1, 0.15) is 17.1 Å². The second-order valence-electron chi connectivity index (χ2n) is 8.35. The van der Waals surface area contributed by atoms with Gasteiger partial charge in [-0.05, 0) is 62.3 Å². The topological polar surface area (TPSA) is 103 Å². The number of aromatic nitrogens is 2. The molecule has 186 valence electrons. The normalized spacial score (nSPS) is 11.9. The van der Waals surface area contributed by atoms with E-state index < -0.39 is 4.92 Å². The number of rotatable bonds is 11. The Hall–Kier alpha value is -3.72. The maximum Gasteiger partial charge on any atom is 0.312 e. The summed E-state index contributed by atoms with van der Waals surface area (Å²) < 4.78 is 7.00. The summed E-state index contributed by atoms with van der Waals surface area (Å²) in [6.07, 6.45) is 0. The van der Waals surface area contributed by atoms with E-state index in [1.807, 2.05) is 30.3 Å². The van der Waals surface area contributed by atoms with E-state index in [1.165, 1.54) is 0 Å². The molecular weight excluding hydrogens is 446 g/mol. The largest absolute Gasteiger partial charge is 0.497 e. The summed E-state index contributed by atoms with van der Waals surface area (Å²) in [5.74, 6) is 0.632. The van der Waals surface area contributed by atoms with Crippen LogP contribution in [0.3, 0.4) is 0 Å². The van der Waals surface area contributed by atoms with E-state index >= 15 is 0 Å². The minimum absolute atomic E-state index is 0.0187. The molecule has 9 heteroatoms. The Morgan fingerprint density at radius 3 is 2.43 bits per heavy atom. The highest BCUT2D eigenvalue weighted by atomic mass is 16.6. The van der Waals surface area contributed by atoms with E-state index in [-0.39, 0.29) is 17.6 Å². The fraction of sp³-hybridized carbons (Fsp3) is 0.385. The van der Waals surface area contributed by atoms with Crippen molar-refractivity contribution in [3.8, 4) is 5.75 Å². The molecule has 0 aliphatic rings. The van der Waals surface area contributed by atoms with Crippen molar-refractivity contribution in [3.63, 3.8) is 0 Å². The number of carbonyl (C=O) groups is 1. The van der Waals surface area contributed by atoms with Crippen LogP contribution in [0.2, 0.25) is 0 Å². The van der Waals surface area contributed by atoms with E-state index in [2.05, 4.69) is 35.2 Å². The van der Waals surface area contributed by atoms with Crippen LogP contribution in [-0.4, -0.2) is 52.3 Å². The van der Waals surface area contributed by atoms with Gasteiger partial charge in [-0.2, -0.15) is 5.10 Å². The lowest BCUT2D eigenvalue weighted by atomic mass is 10.0. The Morgan fingerprint density at radius 1 is 1.17 bits per heavy atom. The number of aryl methyl sites for hydroxylation is 1. The fourth-order valence-electron chi connectivity index (χ4n) is 4.30. The summed E-state index contributed by atoms with van der Waals surface area (Å²) in [6.45, 7) is 10.1. The standard InChI is InChI=1S/C26H33N5O4/c1-6-29(7-2)24(22-9-8-10-23(15-22)35-5)16-27-26(32)21-13-11-20(12-14-21)17-30-19(4)25(31(33)34)18(3)28-30/h8-15,24H,6-7,16-17H2,1-5H3,(H,27,32)/t24-/m0/s1. The Balaban J connectivity index is 1.70. The van der Waals surface area contributed by atoms with Gasteiger partial charge in [0.15, 0.2) is 0 Å². The molecule has 9 nitrogen and oxygen atoms in total. The minimum atomic E-state index is -0.404. The zero-order chi connectivity index (χ0) is 25.5. The second kappa shape index (κ2) is 11.6. The number of nitrogens with one attached hydrogen (secondary N) is 1. The molecular formula is C26H33N5O4. The quantitative estimate of drug-likeness (QED) is 0.325. The molecule has 1 heterocycles. The van der Waals surface area contributed by atoms with Crippen molar-refractivity contribution in [3.05, 3.63) is 86.7 Å². The van der Waals surface area contributed by atoms with Gasteiger partial charge in [0, 0.05) is 12.1 Å². The molecule has 1 atom stereocenters. The molecule has 0 unspecified atom stereocenters. The summed E-state index contributed by atoms with van der Waals surface area (Å²) in [5, 5.41) is 18.6. The molecule has 0 fully saturated rings. The summed E-state index contributed by atoms with van der Waals surface area (Å²) >= 11 is 0. The molecule has 3 rings (SSSR count). The van der Waals surface area contributed by atoms with Crippen LogP contribution in [-0.2, 0) is 6.54 Å². The lowest BCUT2D eigenvalue weighted by Gasteiger charge is -2.30. The van der Waals surface area contributed by atoms with Crippen LogP contribution in [0.5, 0.6) is 5.75 Å². The first-order valence-electron chi connectivity index (χ1n) is 11.7. The van der Waals surface area contributed by atoms with Crippen LogP contribution in [0.25, 0.3) is 0 Å². The number of hydrogen-bond donors (Lipinski definition) is 1. The predicted octanol–water partition coefficient (Wildman–Crippen LogP) is 4.28. The van der Waals surface area contributed by atoms with Crippen LogP contribution in [0.1, 0.15) is 52.8 Å². The van der Waals surface area contributed by atoms with Crippen LogP contribution in [0.15, 0.2) is 48.5 Å². The predicted molar refractivity (Wildman–Crippen MR) is 135 cm³/mol. The molecule has 35 heavy (non-hydrogen) atoms. The molecule has 1 aromatic heterocycles. The second-order valence-corrected chi connectivity index (χ2v) is 8.35. The van der Waals surface area contributed by atoms with Crippen LogP contribution >= 0.6 is 0 Å². The third-order valence-electron chi connectivity index (χ3n) is 6.26. The molecule has 0 aliphatic carbocycles. The van der Waals surface area contributed by atoms with Gasteiger partial charge >= 0.3 is 5.69 Å². The molecule has 3 aromatic rings. The van der Waals surface area contributed by atoms with Gasteiger partial charge in [-0.25, -0.2) is 0 Å². The number of ether oxygens (including phenoxy) is 1. The molecule has 1 amide bonds. The Bertz CT molecular complexity index is 1170. The van der Waals surface area contributed by atoms with Gasteiger partial charge < -0.3 is 10.1 Å². The highest BCUT2D eigenvalue weighted by Gasteiger charge is 2.22. The highest BCUT2D eigenvalue weighted by molar-refractivity contribution is 5.94. The van der Waals surface area contributed by atoms with Crippen LogP contribution in [0, 0.1) is 24.0 Å².